The number of benzene rings is 1. The Morgan fingerprint density at radius 3 is 2.58 bits per heavy atom. The van der Waals surface area contributed by atoms with Gasteiger partial charge in [0, 0.05) is 25.1 Å². The van der Waals surface area contributed by atoms with Crippen LogP contribution in [0.1, 0.15) is 10.8 Å². The molecule has 0 aliphatic rings. The molecule has 26 heavy (non-hydrogen) atoms. The molecule has 1 amide bonds. The van der Waals surface area contributed by atoms with E-state index in [0.717, 1.165) is 11.1 Å². The number of rotatable bonds is 8. The van der Waals surface area contributed by atoms with Gasteiger partial charge in [-0.1, -0.05) is 42.1 Å². The van der Waals surface area contributed by atoms with Crippen LogP contribution in [0, 0.1) is 0 Å². The lowest BCUT2D eigenvalue weighted by atomic mass is 10.1. The molecule has 2 aromatic heterocycles. The molecule has 2 N–H and O–H groups in total. The number of methoxy groups -OCH3 is 1. The van der Waals surface area contributed by atoms with Crippen LogP contribution >= 0.6 is 11.8 Å². The minimum Gasteiger partial charge on any atom is -0.383 e. The predicted molar refractivity (Wildman–Crippen MR) is 99.4 cm³/mol. The zero-order chi connectivity index (χ0) is 18.4. The zero-order valence-electron chi connectivity index (χ0n) is 14.3. The highest BCUT2D eigenvalue weighted by Gasteiger charge is 2.24. The van der Waals surface area contributed by atoms with Crippen LogP contribution in [0.15, 0.2) is 60.0 Å². The summed E-state index contributed by atoms with van der Waals surface area (Å²) >= 11 is 1.29. The van der Waals surface area contributed by atoms with Crippen LogP contribution in [0.25, 0.3) is 11.4 Å². The quantitative estimate of drug-likeness (QED) is 0.612. The fourth-order valence-corrected chi connectivity index (χ4v) is 3.51. The molecule has 134 valence electrons. The number of hydrogen-bond acceptors (Lipinski definition) is 6. The Hall–Kier alpha value is -2.71. The van der Waals surface area contributed by atoms with Gasteiger partial charge in [0.25, 0.3) is 0 Å². The number of carbonyl (C=O) groups excluding carboxylic acids is 1. The number of primary amides is 1. The second-order valence-electron chi connectivity index (χ2n) is 5.50. The fourth-order valence-electron chi connectivity index (χ4n) is 2.50. The van der Waals surface area contributed by atoms with Crippen molar-refractivity contribution in [3.63, 3.8) is 0 Å². The van der Waals surface area contributed by atoms with Crippen LogP contribution in [-0.4, -0.2) is 39.4 Å². The normalized spacial score (nSPS) is 12.0. The first-order chi connectivity index (χ1) is 12.7. The summed E-state index contributed by atoms with van der Waals surface area (Å²) in [7, 11) is 1.64. The molecule has 8 heteroatoms. The number of hydrogen-bond donors (Lipinski definition) is 1. The standard InChI is InChI=1S/C18H19N5O2S/c1-25-12-11-23-17(14-7-9-20-10-8-14)21-22-18(23)26-15(16(19)24)13-5-3-2-4-6-13/h2-10,15H,11-12H2,1H3,(H2,19,24). The Kier molecular flexibility index (Phi) is 5.98. The monoisotopic (exact) mass is 369 g/mol. The van der Waals surface area contributed by atoms with Crippen molar-refractivity contribution in [2.45, 2.75) is 17.0 Å². The average molecular weight is 369 g/mol. The molecule has 1 atom stereocenters. The van der Waals surface area contributed by atoms with E-state index in [1.807, 2.05) is 47.0 Å². The summed E-state index contributed by atoms with van der Waals surface area (Å²) < 4.78 is 7.14. The number of carbonyl (C=O) groups is 1. The van der Waals surface area contributed by atoms with Crippen LogP contribution in [-0.2, 0) is 16.1 Å². The lowest BCUT2D eigenvalue weighted by molar-refractivity contribution is -0.117. The molecule has 0 saturated carbocycles. The van der Waals surface area contributed by atoms with Crippen molar-refractivity contribution in [3.8, 4) is 11.4 Å². The van der Waals surface area contributed by atoms with Gasteiger partial charge in [-0.25, -0.2) is 0 Å². The maximum Gasteiger partial charge on any atom is 0.235 e. The molecular weight excluding hydrogens is 350 g/mol. The van der Waals surface area contributed by atoms with E-state index in [4.69, 9.17) is 10.5 Å². The highest BCUT2D eigenvalue weighted by molar-refractivity contribution is 8.00. The molecule has 1 unspecified atom stereocenters. The van der Waals surface area contributed by atoms with Crippen LogP contribution in [0.3, 0.4) is 0 Å². The summed E-state index contributed by atoms with van der Waals surface area (Å²) in [6, 6.07) is 13.1. The van der Waals surface area contributed by atoms with E-state index in [1.165, 1.54) is 11.8 Å². The maximum absolute atomic E-state index is 12.0. The lowest BCUT2D eigenvalue weighted by Gasteiger charge is -2.14. The lowest BCUT2D eigenvalue weighted by Crippen LogP contribution is -2.19. The van der Waals surface area contributed by atoms with Gasteiger partial charge in [0.05, 0.1) is 13.2 Å². The topological polar surface area (TPSA) is 95.9 Å². The number of pyridine rings is 1. The summed E-state index contributed by atoms with van der Waals surface area (Å²) in [6.45, 7) is 1.06. The van der Waals surface area contributed by atoms with E-state index in [2.05, 4.69) is 15.2 Å². The van der Waals surface area contributed by atoms with Gasteiger partial charge in [0.15, 0.2) is 11.0 Å². The second kappa shape index (κ2) is 8.59. The molecule has 0 bridgehead atoms. The van der Waals surface area contributed by atoms with E-state index in [9.17, 15) is 4.79 Å². The van der Waals surface area contributed by atoms with Gasteiger partial charge in [0.2, 0.25) is 5.91 Å². The zero-order valence-corrected chi connectivity index (χ0v) is 15.1. The van der Waals surface area contributed by atoms with E-state index in [0.29, 0.717) is 24.1 Å². The van der Waals surface area contributed by atoms with Crippen molar-refractivity contribution in [2.24, 2.45) is 5.73 Å². The van der Waals surface area contributed by atoms with E-state index >= 15 is 0 Å². The summed E-state index contributed by atoms with van der Waals surface area (Å²) in [5.74, 6) is 0.274. The largest absolute Gasteiger partial charge is 0.383 e. The van der Waals surface area contributed by atoms with Gasteiger partial charge in [-0.3, -0.25) is 14.3 Å². The first kappa shape index (κ1) is 18.1. The number of thioether (sulfide) groups is 1. The first-order valence-corrected chi connectivity index (χ1v) is 8.92. The van der Waals surface area contributed by atoms with E-state index < -0.39 is 11.2 Å². The van der Waals surface area contributed by atoms with Crippen molar-refractivity contribution in [2.75, 3.05) is 13.7 Å². The van der Waals surface area contributed by atoms with Crippen molar-refractivity contribution < 1.29 is 9.53 Å². The number of nitrogens with two attached hydrogens (primary N) is 1. The summed E-state index contributed by atoms with van der Waals surface area (Å²) in [4.78, 5) is 16.0. The van der Waals surface area contributed by atoms with Gasteiger partial charge in [0.1, 0.15) is 5.25 Å². The van der Waals surface area contributed by atoms with Crippen molar-refractivity contribution >= 4 is 17.7 Å². The van der Waals surface area contributed by atoms with Gasteiger partial charge >= 0.3 is 0 Å². The van der Waals surface area contributed by atoms with Gasteiger partial charge in [-0.2, -0.15) is 0 Å². The maximum atomic E-state index is 12.0. The van der Waals surface area contributed by atoms with Crippen molar-refractivity contribution in [1.29, 1.82) is 0 Å². The van der Waals surface area contributed by atoms with Crippen LogP contribution < -0.4 is 5.73 Å². The molecule has 3 aromatic rings. The number of amides is 1. The third-order valence-corrected chi connectivity index (χ3v) is 5.01. The molecular formula is C18H19N5O2S. The van der Waals surface area contributed by atoms with Crippen molar-refractivity contribution in [1.82, 2.24) is 19.7 Å². The third-order valence-electron chi connectivity index (χ3n) is 3.76. The summed E-state index contributed by atoms with van der Waals surface area (Å²) in [5, 5.41) is 8.65. The number of ether oxygens (including phenoxy) is 1. The minimum atomic E-state index is -0.549. The molecule has 0 spiro atoms. The Morgan fingerprint density at radius 2 is 1.92 bits per heavy atom. The molecule has 1 aromatic carbocycles. The minimum absolute atomic E-state index is 0.423. The third kappa shape index (κ3) is 4.09. The molecule has 3 rings (SSSR count). The smallest absolute Gasteiger partial charge is 0.235 e. The molecule has 0 aliphatic carbocycles. The van der Waals surface area contributed by atoms with E-state index in [1.54, 1.807) is 19.5 Å². The number of nitrogens with zero attached hydrogens (tertiary/aromatic N) is 4. The van der Waals surface area contributed by atoms with Crippen LogP contribution in [0.5, 0.6) is 0 Å². The highest BCUT2D eigenvalue weighted by atomic mass is 32.2. The molecule has 0 radical (unpaired) electrons. The van der Waals surface area contributed by atoms with E-state index in [-0.39, 0.29) is 0 Å². The Balaban J connectivity index is 1.96. The summed E-state index contributed by atoms with van der Waals surface area (Å²) in [6.07, 6.45) is 3.40. The van der Waals surface area contributed by atoms with Crippen molar-refractivity contribution in [3.05, 3.63) is 60.4 Å². The summed E-state index contributed by atoms with van der Waals surface area (Å²) in [5.41, 5.74) is 7.36. The average Bonchev–Trinajstić information content (AvgIpc) is 3.08. The van der Waals surface area contributed by atoms with Crippen LogP contribution in [0.4, 0.5) is 0 Å². The first-order valence-electron chi connectivity index (χ1n) is 8.04. The van der Waals surface area contributed by atoms with Gasteiger partial charge in [-0.15, -0.1) is 10.2 Å². The molecule has 7 nitrogen and oxygen atoms in total. The molecule has 0 saturated heterocycles. The highest BCUT2D eigenvalue weighted by Crippen LogP contribution is 2.35. The fraction of sp³-hybridized carbons (Fsp3) is 0.222. The molecule has 0 fully saturated rings. The molecule has 2 heterocycles. The Bertz CT molecular complexity index is 855. The van der Waals surface area contributed by atoms with Crippen LogP contribution in [0.2, 0.25) is 0 Å². The predicted octanol–water partition coefficient (Wildman–Crippen LogP) is 2.31. The SMILES string of the molecule is COCCn1c(SC(C(N)=O)c2ccccc2)nnc1-c1ccncc1. The number of aromatic nitrogens is 4. The molecule has 0 aliphatic heterocycles. The van der Waals surface area contributed by atoms with Gasteiger partial charge in [-0.05, 0) is 17.7 Å². The second-order valence-corrected chi connectivity index (χ2v) is 6.57. The Morgan fingerprint density at radius 1 is 1.19 bits per heavy atom. The van der Waals surface area contributed by atoms with Gasteiger partial charge < -0.3 is 10.5 Å². The Labute approximate surface area is 155 Å².